The lowest BCUT2D eigenvalue weighted by molar-refractivity contribution is 0.779. The van der Waals surface area contributed by atoms with Crippen molar-refractivity contribution >= 4 is 22.1 Å². The molecule has 3 heterocycles. The third-order valence-corrected chi connectivity index (χ3v) is 3.29. The Morgan fingerprint density at radius 2 is 2.19 bits per heavy atom. The summed E-state index contributed by atoms with van der Waals surface area (Å²) in [5.74, 6) is 1.36. The van der Waals surface area contributed by atoms with E-state index in [1.54, 1.807) is 22.4 Å². The number of aromatic nitrogens is 6. The molecular weight excluding hydrogens is 226 g/mol. The number of nitrogen functional groups attached to an aromatic ring is 1. The van der Waals surface area contributed by atoms with Crippen LogP contribution < -0.4 is 5.73 Å². The number of nitrogens with two attached hydrogens (primary N) is 1. The Labute approximate surface area is 94.5 Å². The standard InChI is InChI=1S/C8H9N7S/c1-4-11-12-8-15(4)13-7(16-8)5-3-10-14(2)6(5)9/h3H,9H2,1-2H3. The molecule has 0 saturated heterocycles. The van der Waals surface area contributed by atoms with Gasteiger partial charge in [-0.15, -0.1) is 10.2 Å². The minimum atomic E-state index is 0.600. The molecule has 0 bridgehead atoms. The summed E-state index contributed by atoms with van der Waals surface area (Å²) in [4.78, 5) is 0.760. The van der Waals surface area contributed by atoms with Gasteiger partial charge < -0.3 is 5.73 Å². The van der Waals surface area contributed by atoms with Crippen molar-refractivity contribution in [2.24, 2.45) is 7.05 Å². The van der Waals surface area contributed by atoms with E-state index in [4.69, 9.17) is 5.73 Å². The Hall–Kier alpha value is -1.96. The Morgan fingerprint density at radius 1 is 1.38 bits per heavy atom. The summed E-state index contributed by atoms with van der Waals surface area (Å²) in [6.45, 7) is 1.86. The highest BCUT2D eigenvalue weighted by atomic mass is 32.1. The van der Waals surface area contributed by atoms with Gasteiger partial charge in [-0.05, 0) is 6.92 Å². The van der Waals surface area contributed by atoms with E-state index in [2.05, 4.69) is 20.4 Å². The lowest BCUT2D eigenvalue weighted by Crippen LogP contribution is -1.98. The first-order valence-corrected chi connectivity index (χ1v) is 5.45. The number of aryl methyl sites for hydroxylation is 2. The topological polar surface area (TPSA) is 86.9 Å². The normalized spacial score (nSPS) is 11.4. The second-order valence-corrected chi connectivity index (χ2v) is 4.37. The maximum atomic E-state index is 5.89. The van der Waals surface area contributed by atoms with Gasteiger partial charge in [-0.3, -0.25) is 4.68 Å². The maximum absolute atomic E-state index is 5.89. The first-order chi connectivity index (χ1) is 7.66. The van der Waals surface area contributed by atoms with Crippen LogP contribution in [0, 0.1) is 6.92 Å². The number of hydrogen-bond acceptors (Lipinski definition) is 6. The molecule has 16 heavy (non-hydrogen) atoms. The van der Waals surface area contributed by atoms with Crippen LogP contribution in [0.25, 0.3) is 15.5 Å². The van der Waals surface area contributed by atoms with E-state index in [9.17, 15) is 0 Å². The highest BCUT2D eigenvalue weighted by Crippen LogP contribution is 2.29. The summed E-state index contributed by atoms with van der Waals surface area (Å²) in [5, 5.41) is 17.2. The average Bonchev–Trinajstić information content (AvgIpc) is 2.88. The molecule has 0 spiro atoms. The second-order valence-electron chi connectivity index (χ2n) is 3.42. The van der Waals surface area contributed by atoms with Crippen molar-refractivity contribution in [1.82, 2.24) is 29.6 Å². The Kier molecular flexibility index (Phi) is 1.75. The molecule has 0 fully saturated rings. The third-order valence-electron chi connectivity index (χ3n) is 2.36. The minimum absolute atomic E-state index is 0.600. The zero-order valence-corrected chi connectivity index (χ0v) is 9.56. The van der Waals surface area contributed by atoms with Crippen LogP contribution in [0.4, 0.5) is 5.82 Å². The van der Waals surface area contributed by atoms with E-state index in [1.165, 1.54) is 11.3 Å². The molecule has 0 aliphatic heterocycles. The minimum Gasteiger partial charge on any atom is -0.383 e. The van der Waals surface area contributed by atoms with E-state index in [0.717, 1.165) is 21.4 Å². The van der Waals surface area contributed by atoms with E-state index in [0.29, 0.717) is 5.82 Å². The molecule has 0 aliphatic rings. The first-order valence-electron chi connectivity index (χ1n) is 4.63. The highest BCUT2D eigenvalue weighted by molar-refractivity contribution is 7.19. The summed E-state index contributed by atoms with van der Waals surface area (Å²) in [5.41, 5.74) is 6.72. The smallest absolute Gasteiger partial charge is 0.234 e. The van der Waals surface area contributed by atoms with Crippen LogP contribution in [0.1, 0.15) is 5.82 Å². The molecule has 3 rings (SSSR count). The maximum Gasteiger partial charge on any atom is 0.234 e. The van der Waals surface area contributed by atoms with Crippen LogP contribution in [0.5, 0.6) is 0 Å². The Balaban J connectivity index is 2.22. The molecule has 0 unspecified atom stereocenters. The van der Waals surface area contributed by atoms with Crippen molar-refractivity contribution in [3.63, 3.8) is 0 Å². The lowest BCUT2D eigenvalue weighted by atomic mass is 10.3. The summed E-state index contributed by atoms with van der Waals surface area (Å²) < 4.78 is 3.32. The zero-order valence-electron chi connectivity index (χ0n) is 8.75. The number of rotatable bonds is 1. The Morgan fingerprint density at radius 3 is 2.81 bits per heavy atom. The van der Waals surface area contributed by atoms with Crippen LogP contribution in [0.3, 0.4) is 0 Å². The third kappa shape index (κ3) is 1.13. The molecule has 0 saturated carbocycles. The predicted octanol–water partition coefficient (Wildman–Crippen LogP) is 0.477. The lowest BCUT2D eigenvalue weighted by Gasteiger charge is -1.94. The van der Waals surface area contributed by atoms with Gasteiger partial charge in [0.05, 0.1) is 11.8 Å². The molecule has 7 nitrogen and oxygen atoms in total. The molecule has 0 radical (unpaired) electrons. The second kappa shape index (κ2) is 3.01. The molecule has 0 aromatic carbocycles. The fourth-order valence-electron chi connectivity index (χ4n) is 1.44. The van der Waals surface area contributed by atoms with Crippen LogP contribution in [-0.4, -0.2) is 29.6 Å². The average molecular weight is 235 g/mol. The summed E-state index contributed by atoms with van der Waals surface area (Å²) in [7, 11) is 1.80. The predicted molar refractivity (Wildman–Crippen MR) is 60.0 cm³/mol. The van der Waals surface area contributed by atoms with Crippen LogP contribution >= 0.6 is 11.3 Å². The fourth-order valence-corrected chi connectivity index (χ4v) is 2.34. The van der Waals surface area contributed by atoms with Crippen molar-refractivity contribution in [3.8, 4) is 10.6 Å². The molecule has 0 aliphatic carbocycles. The van der Waals surface area contributed by atoms with Gasteiger partial charge >= 0.3 is 0 Å². The number of nitrogens with zero attached hydrogens (tertiary/aromatic N) is 6. The molecule has 3 aromatic rings. The summed E-state index contributed by atoms with van der Waals surface area (Å²) in [6, 6.07) is 0. The molecule has 3 aromatic heterocycles. The largest absolute Gasteiger partial charge is 0.383 e. The van der Waals surface area contributed by atoms with Crippen molar-refractivity contribution < 1.29 is 0 Å². The zero-order chi connectivity index (χ0) is 11.3. The van der Waals surface area contributed by atoms with Crippen LogP contribution in [0.2, 0.25) is 0 Å². The van der Waals surface area contributed by atoms with Crippen molar-refractivity contribution in [2.45, 2.75) is 6.92 Å². The van der Waals surface area contributed by atoms with Gasteiger partial charge in [0, 0.05) is 7.05 Å². The van der Waals surface area contributed by atoms with Gasteiger partial charge in [-0.2, -0.15) is 14.7 Å². The first kappa shape index (κ1) is 9.28. The monoisotopic (exact) mass is 235 g/mol. The molecule has 82 valence electrons. The molecule has 0 amide bonds. The number of anilines is 1. The number of fused-ring (bicyclic) bond motifs is 1. The van der Waals surface area contributed by atoms with Gasteiger partial charge in [0.2, 0.25) is 4.96 Å². The SMILES string of the molecule is Cc1nnc2sc(-c3cnn(C)c3N)nn12. The molecular formula is C8H9N7S. The molecule has 2 N–H and O–H groups in total. The summed E-state index contributed by atoms with van der Waals surface area (Å²) in [6.07, 6.45) is 1.70. The van der Waals surface area contributed by atoms with Crippen LogP contribution in [-0.2, 0) is 7.05 Å². The van der Waals surface area contributed by atoms with Crippen molar-refractivity contribution in [2.75, 3.05) is 5.73 Å². The molecule has 8 heteroatoms. The van der Waals surface area contributed by atoms with Gasteiger partial charge in [0.25, 0.3) is 0 Å². The van der Waals surface area contributed by atoms with E-state index in [-0.39, 0.29) is 0 Å². The van der Waals surface area contributed by atoms with Crippen LogP contribution in [0.15, 0.2) is 6.20 Å². The Bertz CT molecular complexity index is 661. The van der Waals surface area contributed by atoms with Gasteiger partial charge in [-0.25, -0.2) is 0 Å². The highest BCUT2D eigenvalue weighted by Gasteiger charge is 2.14. The van der Waals surface area contributed by atoms with E-state index < -0.39 is 0 Å². The van der Waals surface area contributed by atoms with Crippen molar-refractivity contribution in [3.05, 3.63) is 12.0 Å². The quantitative estimate of drug-likeness (QED) is 0.662. The van der Waals surface area contributed by atoms with Gasteiger partial charge in [-0.1, -0.05) is 11.3 Å². The molecule has 0 atom stereocenters. The van der Waals surface area contributed by atoms with Gasteiger partial charge in [0.15, 0.2) is 10.8 Å². The van der Waals surface area contributed by atoms with E-state index in [1.807, 2.05) is 6.92 Å². The van der Waals surface area contributed by atoms with E-state index >= 15 is 0 Å². The van der Waals surface area contributed by atoms with Gasteiger partial charge in [0.1, 0.15) is 5.82 Å². The number of hydrogen-bond donors (Lipinski definition) is 1. The van der Waals surface area contributed by atoms with Crippen molar-refractivity contribution in [1.29, 1.82) is 0 Å². The summed E-state index contributed by atoms with van der Waals surface area (Å²) >= 11 is 1.44. The fraction of sp³-hybridized carbons (Fsp3) is 0.250.